The molecule has 0 unspecified atom stereocenters. The smallest absolute Gasteiger partial charge is 0.0453 e. The van der Waals surface area contributed by atoms with Gasteiger partial charge < -0.3 is 5.73 Å². The van der Waals surface area contributed by atoms with Gasteiger partial charge in [-0.2, -0.15) is 0 Å². The average molecular weight is 264 g/mol. The van der Waals surface area contributed by atoms with Crippen LogP contribution in [0.4, 0.5) is 0 Å². The van der Waals surface area contributed by atoms with E-state index in [0.29, 0.717) is 11.0 Å². The molecule has 0 amide bonds. The molecule has 1 saturated heterocycles. The SMILES string of the molecule is CC(C)(C)N1CCC2(CC1)Cc1ccsc1[C@H]2N. The summed E-state index contributed by atoms with van der Waals surface area (Å²) in [4.78, 5) is 4.07. The van der Waals surface area contributed by atoms with Crippen LogP contribution in [0.25, 0.3) is 0 Å². The molecular weight excluding hydrogens is 240 g/mol. The van der Waals surface area contributed by atoms with Gasteiger partial charge >= 0.3 is 0 Å². The van der Waals surface area contributed by atoms with E-state index in [1.165, 1.54) is 42.8 Å². The van der Waals surface area contributed by atoms with Crippen LogP contribution in [-0.4, -0.2) is 23.5 Å². The van der Waals surface area contributed by atoms with Crippen LogP contribution in [0.5, 0.6) is 0 Å². The maximum absolute atomic E-state index is 6.55. The van der Waals surface area contributed by atoms with Crippen LogP contribution in [0.1, 0.15) is 50.1 Å². The monoisotopic (exact) mass is 264 g/mol. The van der Waals surface area contributed by atoms with Crippen LogP contribution in [-0.2, 0) is 6.42 Å². The summed E-state index contributed by atoms with van der Waals surface area (Å²) in [5.41, 5.74) is 8.74. The van der Waals surface area contributed by atoms with Gasteiger partial charge in [-0.1, -0.05) is 0 Å². The fourth-order valence-electron chi connectivity index (χ4n) is 3.64. The second-order valence-corrected chi connectivity index (χ2v) is 7.93. The van der Waals surface area contributed by atoms with Crippen LogP contribution in [0.3, 0.4) is 0 Å². The van der Waals surface area contributed by atoms with E-state index in [9.17, 15) is 0 Å². The number of likely N-dealkylation sites (tertiary alicyclic amines) is 1. The molecule has 2 N–H and O–H groups in total. The number of hydrogen-bond acceptors (Lipinski definition) is 3. The summed E-state index contributed by atoms with van der Waals surface area (Å²) in [7, 11) is 0. The molecule has 2 heterocycles. The summed E-state index contributed by atoms with van der Waals surface area (Å²) < 4.78 is 0. The molecule has 1 aromatic heterocycles. The highest BCUT2D eigenvalue weighted by atomic mass is 32.1. The van der Waals surface area contributed by atoms with Crippen molar-refractivity contribution in [2.45, 2.75) is 51.6 Å². The molecule has 1 atom stereocenters. The average Bonchev–Trinajstić information content (AvgIpc) is 2.83. The Morgan fingerprint density at radius 2 is 2.00 bits per heavy atom. The van der Waals surface area contributed by atoms with Gasteiger partial charge in [-0.25, -0.2) is 0 Å². The zero-order valence-electron chi connectivity index (χ0n) is 11.7. The number of fused-ring (bicyclic) bond motifs is 1. The van der Waals surface area contributed by atoms with Crippen LogP contribution < -0.4 is 5.73 Å². The highest BCUT2D eigenvalue weighted by molar-refractivity contribution is 7.10. The number of hydrogen-bond donors (Lipinski definition) is 1. The third-order valence-corrected chi connectivity index (χ3v) is 6.02. The van der Waals surface area contributed by atoms with E-state index in [1.807, 2.05) is 11.3 Å². The molecule has 100 valence electrons. The normalized spacial score (nSPS) is 27.7. The zero-order chi connectivity index (χ0) is 13.0. The lowest BCUT2D eigenvalue weighted by atomic mass is 9.73. The van der Waals surface area contributed by atoms with E-state index in [-0.39, 0.29) is 6.04 Å². The first-order valence-corrected chi connectivity index (χ1v) is 7.87. The van der Waals surface area contributed by atoms with Crippen molar-refractivity contribution in [1.29, 1.82) is 0 Å². The molecular formula is C15H24N2S. The molecule has 1 aromatic rings. The Bertz CT molecular complexity index is 436. The van der Waals surface area contributed by atoms with Gasteiger partial charge in [0.1, 0.15) is 0 Å². The minimum absolute atomic E-state index is 0.287. The number of thiophene rings is 1. The highest BCUT2D eigenvalue weighted by Gasteiger charge is 2.47. The highest BCUT2D eigenvalue weighted by Crippen LogP contribution is 2.52. The first-order valence-electron chi connectivity index (χ1n) is 6.99. The number of piperidine rings is 1. The lowest BCUT2D eigenvalue weighted by Crippen LogP contribution is -2.50. The Balaban J connectivity index is 1.76. The largest absolute Gasteiger partial charge is 0.323 e. The van der Waals surface area contributed by atoms with Crippen LogP contribution in [0.2, 0.25) is 0 Å². The summed E-state index contributed by atoms with van der Waals surface area (Å²) in [6.07, 6.45) is 3.73. The van der Waals surface area contributed by atoms with E-state index < -0.39 is 0 Å². The van der Waals surface area contributed by atoms with Crippen molar-refractivity contribution in [2.24, 2.45) is 11.1 Å². The zero-order valence-corrected chi connectivity index (χ0v) is 12.5. The predicted octanol–water partition coefficient (Wildman–Crippen LogP) is 3.18. The van der Waals surface area contributed by atoms with E-state index in [4.69, 9.17) is 5.73 Å². The summed E-state index contributed by atoms with van der Waals surface area (Å²) in [6.45, 7) is 9.35. The Hall–Kier alpha value is -0.380. The Morgan fingerprint density at radius 3 is 2.56 bits per heavy atom. The van der Waals surface area contributed by atoms with Gasteiger partial charge in [-0.3, -0.25) is 4.90 Å². The summed E-state index contributed by atoms with van der Waals surface area (Å²) in [5.74, 6) is 0. The van der Waals surface area contributed by atoms with E-state index in [1.54, 1.807) is 0 Å². The van der Waals surface area contributed by atoms with Crippen LogP contribution >= 0.6 is 11.3 Å². The third-order valence-electron chi connectivity index (χ3n) is 4.97. The Kier molecular flexibility index (Phi) is 2.85. The van der Waals surface area contributed by atoms with Crippen molar-refractivity contribution in [1.82, 2.24) is 4.90 Å². The first-order chi connectivity index (χ1) is 8.42. The molecule has 2 nitrogen and oxygen atoms in total. The number of rotatable bonds is 0. The molecule has 1 aliphatic carbocycles. The summed E-state index contributed by atoms with van der Waals surface area (Å²) in [6, 6.07) is 2.57. The third kappa shape index (κ3) is 1.84. The molecule has 3 rings (SSSR count). The van der Waals surface area contributed by atoms with Gasteiger partial charge in [0.05, 0.1) is 0 Å². The van der Waals surface area contributed by atoms with Gasteiger partial charge in [0, 0.05) is 16.5 Å². The van der Waals surface area contributed by atoms with Crippen LogP contribution in [0, 0.1) is 5.41 Å². The lowest BCUT2D eigenvalue weighted by Gasteiger charge is -2.47. The topological polar surface area (TPSA) is 29.3 Å². The molecule has 1 spiro atoms. The molecule has 0 aromatic carbocycles. The second-order valence-electron chi connectivity index (χ2n) is 6.98. The predicted molar refractivity (Wildman–Crippen MR) is 77.9 cm³/mol. The van der Waals surface area contributed by atoms with Crippen LogP contribution in [0.15, 0.2) is 11.4 Å². The maximum atomic E-state index is 6.55. The molecule has 0 bridgehead atoms. The van der Waals surface area contributed by atoms with Crippen molar-refractivity contribution in [2.75, 3.05) is 13.1 Å². The maximum Gasteiger partial charge on any atom is 0.0453 e. The fraction of sp³-hybridized carbons (Fsp3) is 0.733. The summed E-state index contributed by atoms with van der Waals surface area (Å²) >= 11 is 1.86. The molecule has 0 saturated carbocycles. The minimum Gasteiger partial charge on any atom is -0.323 e. The van der Waals surface area contributed by atoms with E-state index >= 15 is 0 Å². The van der Waals surface area contributed by atoms with Gasteiger partial charge in [0.2, 0.25) is 0 Å². The fourth-order valence-corrected chi connectivity index (χ4v) is 4.71. The van der Waals surface area contributed by atoms with Crippen molar-refractivity contribution in [3.63, 3.8) is 0 Å². The number of nitrogens with two attached hydrogens (primary N) is 1. The minimum atomic E-state index is 0.287. The first kappa shape index (κ1) is 12.6. The molecule has 0 radical (unpaired) electrons. The van der Waals surface area contributed by atoms with Gasteiger partial charge in [0.25, 0.3) is 0 Å². The molecule has 1 aliphatic heterocycles. The molecule has 3 heteroatoms. The van der Waals surface area contributed by atoms with E-state index in [2.05, 4.69) is 37.1 Å². The van der Waals surface area contributed by atoms with Gasteiger partial charge in [0.15, 0.2) is 0 Å². The Morgan fingerprint density at radius 1 is 1.33 bits per heavy atom. The quantitative estimate of drug-likeness (QED) is 0.780. The number of nitrogens with zero attached hydrogens (tertiary/aromatic N) is 1. The molecule has 2 aliphatic rings. The van der Waals surface area contributed by atoms with E-state index in [0.717, 1.165) is 0 Å². The lowest BCUT2D eigenvalue weighted by molar-refractivity contribution is 0.0348. The van der Waals surface area contributed by atoms with Crippen molar-refractivity contribution < 1.29 is 0 Å². The van der Waals surface area contributed by atoms with Gasteiger partial charge in [-0.05, 0) is 75.5 Å². The standard InChI is InChI=1S/C15H24N2S/c1-14(2,3)17-7-5-15(6-8-17)10-11-4-9-18-12(11)13(15)16/h4,9,13H,5-8,10,16H2,1-3H3/t13-/m1/s1. The Labute approximate surface area is 114 Å². The van der Waals surface area contributed by atoms with Crippen molar-refractivity contribution in [3.05, 3.63) is 21.9 Å². The van der Waals surface area contributed by atoms with Crippen molar-refractivity contribution in [3.8, 4) is 0 Å². The molecule has 18 heavy (non-hydrogen) atoms. The second kappa shape index (κ2) is 4.06. The van der Waals surface area contributed by atoms with Gasteiger partial charge in [-0.15, -0.1) is 11.3 Å². The molecule has 1 fully saturated rings. The summed E-state index contributed by atoms with van der Waals surface area (Å²) in [5, 5.41) is 2.20. The van der Waals surface area contributed by atoms with Crippen molar-refractivity contribution >= 4 is 11.3 Å².